The smallest absolute Gasteiger partial charge is 0.226 e. The third-order valence-corrected chi connectivity index (χ3v) is 4.51. The third-order valence-electron chi connectivity index (χ3n) is 3.62. The Morgan fingerprint density at radius 2 is 2.25 bits per heavy atom. The van der Waals surface area contributed by atoms with Crippen LogP contribution in [-0.4, -0.2) is 42.7 Å². The minimum atomic E-state index is -0.0246. The molecule has 0 atom stereocenters. The van der Waals surface area contributed by atoms with Crippen molar-refractivity contribution in [3.63, 3.8) is 0 Å². The number of ether oxygens (including phenoxy) is 2. The molecule has 3 rings (SSSR count). The fraction of sp³-hybridized carbons (Fsp3) is 0.294. The predicted octanol–water partition coefficient (Wildman–Crippen LogP) is 2.38. The summed E-state index contributed by atoms with van der Waals surface area (Å²) in [6.45, 7) is 1.03. The van der Waals surface area contributed by atoms with E-state index in [4.69, 9.17) is 9.47 Å². The highest BCUT2D eigenvalue weighted by molar-refractivity contribution is 7.15. The van der Waals surface area contributed by atoms with E-state index in [9.17, 15) is 4.79 Å². The number of fused-ring (bicyclic) bond motifs is 1. The monoisotopic (exact) mass is 345 g/mol. The SMILES string of the molecule is COCCNC(=O)Cc1csc2nc(-c3cccc(OC)c3)cn12. The van der Waals surface area contributed by atoms with E-state index in [0.717, 1.165) is 27.7 Å². The van der Waals surface area contributed by atoms with E-state index in [-0.39, 0.29) is 5.91 Å². The molecule has 0 aliphatic carbocycles. The summed E-state index contributed by atoms with van der Waals surface area (Å²) in [6, 6.07) is 7.78. The number of carbonyl (C=O) groups is 1. The van der Waals surface area contributed by atoms with Gasteiger partial charge in [-0.05, 0) is 12.1 Å². The van der Waals surface area contributed by atoms with E-state index < -0.39 is 0 Å². The van der Waals surface area contributed by atoms with Crippen molar-refractivity contribution >= 4 is 22.2 Å². The summed E-state index contributed by atoms with van der Waals surface area (Å²) in [6.07, 6.45) is 2.27. The summed E-state index contributed by atoms with van der Waals surface area (Å²) >= 11 is 1.53. The first-order valence-corrected chi connectivity index (χ1v) is 8.44. The number of carbonyl (C=O) groups excluding carboxylic acids is 1. The molecule has 0 aliphatic rings. The lowest BCUT2D eigenvalue weighted by Gasteiger charge is -2.03. The van der Waals surface area contributed by atoms with Crippen molar-refractivity contribution in [2.75, 3.05) is 27.4 Å². The van der Waals surface area contributed by atoms with Crippen LogP contribution in [0.2, 0.25) is 0 Å². The highest BCUT2D eigenvalue weighted by Crippen LogP contribution is 2.26. The minimum absolute atomic E-state index is 0.0246. The van der Waals surface area contributed by atoms with Gasteiger partial charge in [0.25, 0.3) is 0 Å². The Bertz CT molecular complexity index is 841. The topological polar surface area (TPSA) is 64.9 Å². The number of nitrogens with one attached hydrogen (secondary N) is 1. The molecular weight excluding hydrogens is 326 g/mol. The molecule has 0 saturated heterocycles. The first-order valence-electron chi connectivity index (χ1n) is 7.57. The Labute approximate surface area is 144 Å². The molecule has 0 bridgehead atoms. The molecule has 1 amide bonds. The Hall–Kier alpha value is -2.38. The van der Waals surface area contributed by atoms with E-state index in [0.29, 0.717) is 19.6 Å². The fourth-order valence-electron chi connectivity index (χ4n) is 2.40. The van der Waals surface area contributed by atoms with Crippen molar-refractivity contribution in [2.45, 2.75) is 6.42 Å². The lowest BCUT2D eigenvalue weighted by molar-refractivity contribution is -0.120. The molecule has 0 radical (unpaired) electrons. The van der Waals surface area contributed by atoms with Gasteiger partial charge in [0.05, 0.1) is 25.8 Å². The maximum atomic E-state index is 12.0. The summed E-state index contributed by atoms with van der Waals surface area (Å²) in [5.41, 5.74) is 2.77. The summed E-state index contributed by atoms with van der Waals surface area (Å²) in [7, 11) is 3.26. The number of benzene rings is 1. The van der Waals surface area contributed by atoms with Gasteiger partial charge in [-0.3, -0.25) is 9.20 Å². The highest BCUT2D eigenvalue weighted by atomic mass is 32.1. The number of nitrogens with zero attached hydrogens (tertiary/aromatic N) is 2. The number of rotatable bonds is 7. The molecule has 2 heterocycles. The zero-order valence-electron chi connectivity index (χ0n) is 13.6. The lowest BCUT2D eigenvalue weighted by atomic mass is 10.1. The van der Waals surface area contributed by atoms with Gasteiger partial charge in [-0.1, -0.05) is 12.1 Å². The lowest BCUT2D eigenvalue weighted by Crippen LogP contribution is -2.28. The molecule has 1 aromatic carbocycles. The molecule has 6 nitrogen and oxygen atoms in total. The van der Waals surface area contributed by atoms with E-state index in [1.54, 1.807) is 14.2 Å². The minimum Gasteiger partial charge on any atom is -0.497 e. The molecule has 0 aliphatic heterocycles. The quantitative estimate of drug-likeness (QED) is 0.668. The van der Waals surface area contributed by atoms with Crippen molar-refractivity contribution in [2.24, 2.45) is 0 Å². The van der Waals surface area contributed by atoms with Crippen molar-refractivity contribution in [3.05, 3.63) is 41.5 Å². The Kier molecular flexibility index (Phi) is 5.12. The van der Waals surface area contributed by atoms with E-state index in [1.807, 2.05) is 40.2 Å². The van der Waals surface area contributed by atoms with Gasteiger partial charge in [0.2, 0.25) is 5.91 Å². The molecule has 126 valence electrons. The van der Waals surface area contributed by atoms with Gasteiger partial charge >= 0.3 is 0 Å². The van der Waals surface area contributed by atoms with Crippen LogP contribution >= 0.6 is 11.3 Å². The second kappa shape index (κ2) is 7.46. The maximum absolute atomic E-state index is 12.0. The fourth-order valence-corrected chi connectivity index (χ4v) is 3.27. The van der Waals surface area contributed by atoms with Crippen LogP contribution in [0.1, 0.15) is 5.69 Å². The van der Waals surface area contributed by atoms with Gasteiger partial charge in [-0.2, -0.15) is 0 Å². The average Bonchev–Trinajstić information content (AvgIpc) is 3.17. The second-order valence-corrected chi connectivity index (χ2v) is 6.09. The summed E-state index contributed by atoms with van der Waals surface area (Å²) in [5, 5.41) is 4.80. The Balaban J connectivity index is 1.79. The van der Waals surface area contributed by atoms with Crippen LogP contribution in [0.25, 0.3) is 16.2 Å². The van der Waals surface area contributed by atoms with Gasteiger partial charge in [-0.15, -0.1) is 11.3 Å². The zero-order valence-corrected chi connectivity index (χ0v) is 14.4. The summed E-state index contributed by atoms with van der Waals surface area (Å²) in [5.74, 6) is 0.768. The molecular formula is C17H19N3O3S. The molecule has 24 heavy (non-hydrogen) atoms. The van der Waals surface area contributed by atoms with Gasteiger partial charge in [0.15, 0.2) is 4.96 Å². The van der Waals surface area contributed by atoms with Crippen molar-refractivity contribution in [1.82, 2.24) is 14.7 Å². The van der Waals surface area contributed by atoms with Crippen LogP contribution in [-0.2, 0) is 16.0 Å². The van der Waals surface area contributed by atoms with Crippen LogP contribution in [0.3, 0.4) is 0 Å². The first kappa shape index (κ1) is 16.5. The molecule has 1 N–H and O–H groups in total. The molecule has 0 saturated carbocycles. The number of aromatic nitrogens is 2. The number of hydrogen-bond acceptors (Lipinski definition) is 5. The van der Waals surface area contributed by atoms with Crippen LogP contribution in [0.5, 0.6) is 5.75 Å². The number of hydrogen-bond donors (Lipinski definition) is 1. The highest BCUT2D eigenvalue weighted by Gasteiger charge is 2.12. The van der Waals surface area contributed by atoms with Crippen molar-refractivity contribution in [1.29, 1.82) is 0 Å². The molecule has 3 aromatic rings. The van der Waals surface area contributed by atoms with Gasteiger partial charge < -0.3 is 14.8 Å². The van der Waals surface area contributed by atoms with E-state index >= 15 is 0 Å². The maximum Gasteiger partial charge on any atom is 0.226 e. The molecule has 7 heteroatoms. The number of methoxy groups -OCH3 is 2. The molecule has 0 spiro atoms. The van der Waals surface area contributed by atoms with E-state index in [2.05, 4.69) is 10.3 Å². The molecule has 0 fully saturated rings. The largest absolute Gasteiger partial charge is 0.497 e. The van der Waals surface area contributed by atoms with Crippen LogP contribution < -0.4 is 10.1 Å². The zero-order chi connectivity index (χ0) is 16.9. The normalized spacial score (nSPS) is 10.9. The van der Waals surface area contributed by atoms with Crippen LogP contribution in [0.15, 0.2) is 35.8 Å². The predicted molar refractivity (Wildman–Crippen MR) is 93.6 cm³/mol. The molecule has 2 aromatic heterocycles. The summed E-state index contributed by atoms with van der Waals surface area (Å²) < 4.78 is 12.2. The molecule has 0 unspecified atom stereocenters. The van der Waals surface area contributed by atoms with Crippen molar-refractivity contribution < 1.29 is 14.3 Å². The van der Waals surface area contributed by atoms with Gasteiger partial charge in [-0.25, -0.2) is 4.98 Å². The second-order valence-electron chi connectivity index (χ2n) is 5.26. The first-order chi connectivity index (χ1) is 11.7. The van der Waals surface area contributed by atoms with Crippen LogP contribution in [0.4, 0.5) is 0 Å². The van der Waals surface area contributed by atoms with E-state index in [1.165, 1.54) is 11.3 Å². The van der Waals surface area contributed by atoms with Gasteiger partial charge in [0, 0.05) is 36.5 Å². The third kappa shape index (κ3) is 3.58. The van der Waals surface area contributed by atoms with Gasteiger partial charge in [0.1, 0.15) is 5.75 Å². The Morgan fingerprint density at radius 3 is 3.04 bits per heavy atom. The number of imidazole rings is 1. The summed E-state index contributed by atoms with van der Waals surface area (Å²) in [4.78, 5) is 17.5. The Morgan fingerprint density at radius 1 is 1.38 bits per heavy atom. The number of thiazole rings is 1. The van der Waals surface area contributed by atoms with Crippen molar-refractivity contribution in [3.8, 4) is 17.0 Å². The average molecular weight is 345 g/mol. The number of amides is 1. The van der Waals surface area contributed by atoms with Crippen LogP contribution in [0, 0.1) is 0 Å². The standard InChI is InChI=1S/C17H19N3O3S/c1-22-7-6-18-16(21)9-13-11-24-17-19-15(10-20(13)17)12-4-3-5-14(8-12)23-2/h3-5,8,10-11H,6-7,9H2,1-2H3,(H,18,21).